The average Bonchev–Trinajstić information content (AvgIpc) is 2.46. The maximum absolute atomic E-state index is 2.61. The van der Waals surface area contributed by atoms with E-state index in [1.54, 1.807) is 0 Å². The molecule has 108 valence electrons. The standard InChI is InChI=1S/C18H31N/c1-4-7-12-17-13-10-11-14-18(17)19(15-8-5-2)16-9-6-3/h10-11,13-14H,4-9,12,15-16H2,1-3H3. The van der Waals surface area contributed by atoms with Crippen molar-refractivity contribution in [2.75, 3.05) is 18.0 Å². The smallest absolute Gasteiger partial charge is 0.0398 e. The van der Waals surface area contributed by atoms with Gasteiger partial charge in [-0.3, -0.25) is 0 Å². The lowest BCUT2D eigenvalue weighted by Gasteiger charge is -2.27. The molecule has 0 unspecified atom stereocenters. The second kappa shape index (κ2) is 9.89. The van der Waals surface area contributed by atoms with Gasteiger partial charge in [0, 0.05) is 18.8 Å². The Kier molecular flexibility index (Phi) is 8.36. The topological polar surface area (TPSA) is 3.24 Å². The summed E-state index contributed by atoms with van der Waals surface area (Å²) in [5.74, 6) is 0. The molecule has 0 aliphatic carbocycles. The quantitative estimate of drug-likeness (QED) is 0.542. The molecular weight excluding hydrogens is 230 g/mol. The highest BCUT2D eigenvalue weighted by Crippen LogP contribution is 2.23. The van der Waals surface area contributed by atoms with Crippen LogP contribution in [-0.2, 0) is 6.42 Å². The number of nitrogens with zero attached hydrogens (tertiary/aromatic N) is 1. The number of benzene rings is 1. The molecule has 0 N–H and O–H groups in total. The third-order valence-corrected chi connectivity index (χ3v) is 3.70. The number of hydrogen-bond donors (Lipinski definition) is 0. The van der Waals surface area contributed by atoms with Gasteiger partial charge in [-0.25, -0.2) is 0 Å². The Morgan fingerprint density at radius 2 is 1.37 bits per heavy atom. The Morgan fingerprint density at radius 3 is 1.95 bits per heavy atom. The number of unbranched alkanes of at least 4 members (excludes halogenated alkanes) is 3. The molecule has 1 rings (SSSR count). The second-order valence-corrected chi connectivity index (χ2v) is 5.43. The molecule has 0 heterocycles. The van der Waals surface area contributed by atoms with E-state index in [-0.39, 0.29) is 0 Å². The summed E-state index contributed by atoms with van der Waals surface area (Å²) >= 11 is 0. The predicted molar refractivity (Wildman–Crippen MR) is 87.1 cm³/mol. The van der Waals surface area contributed by atoms with Crippen molar-refractivity contribution < 1.29 is 0 Å². The molecule has 0 fully saturated rings. The van der Waals surface area contributed by atoms with Crippen LogP contribution in [0.1, 0.15) is 64.9 Å². The van der Waals surface area contributed by atoms with Gasteiger partial charge in [0.05, 0.1) is 0 Å². The Balaban J connectivity index is 2.79. The van der Waals surface area contributed by atoms with Crippen LogP contribution in [0.25, 0.3) is 0 Å². The van der Waals surface area contributed by atoms with Crippen molar-refractivity contribution in [3.8, 4) is 0 Å². The van der Waals surface area contributed by atoms with Crippen LogP contribution in [0.2, 0.25) is 0 Å². The summed E-state index contributed by atoms with van der Waals surface area (Å²) in [5.41, 5.74) is 3.02. The van der Waals surface area contributed by atoms with Gasteiger partial charge in [0.25, 0.3) is 0 Å². The summed E-state index contributed by atoms with van der Waals surface area (Å²) in [4.78, 5) is 2.61. The number of rotatable bonds is 10. The molecule has 0 saturated carbocycles. The van der Waals surface area contributed by atoms with Crippen molar-refractivity contribution in [1.82, 2.24) is 0 Å². The molecule has 0 spiro atoms. The van der Waals surface area contributed by atoms with Gasteiger partial charge in [-0.15, -0.1) is 0 Å². The van der Waals surface area contributed by atoms with Crippen molar-refractivity contribution in [2.45, 2.75) is 65.7 Å². The monoisotopic (exact) mass is 261 g/mol. The molecular formula is C18H31N. The zero-order valence-corrected chi connectivity index (χ0v) is 13.1. The molecule has 0 saturated heterocycles. The molecule has 1 aromatic rings. The van der Waals surface area contributed by atoms with Crippen LogP contribution in [-0.4, -0.2) is 13.1 Å². The van der Waals surface area contributed by atoms with Gasteiger partial charge in [0.1, 0.15) is 0 Å². The molecule has 1 nitrogen and oxygen atoms in total. The zero-order valence-electron chi connectivity index (χ0n) is 13.1. The fraction of sp³-hybridized carbons (Fsp3) is 0.667. The highest BCUT2D eigenvalue weighted by atomic mass is 15.1. The molecule has 0 bridgehead atoms. The molecule has 0 atom stereocenters. The molecule has 0 aliphatic heterocycles. The lowest BCUT2D eigenvalue weighted by Crippen LogP contribution is -2.26. The van der Waals surface area contributed by atoms with E-state index in [9.17, 15) is 0 Å². The van der Waals surface area contributed by atoms with Crippen LogP contribution in [0.15, 0.2) is 24.3 Å². The van der Waals surface area contributed by atoms with E-state index in [1.807, 2.05) is 0 Å². The largest absolute Gasteiger partial charge is 0.371 e. The molecule has 1 heteroatoms. The summed E-state index contributed by atoms with van der Waals surface area (Å²) in [6.45, 7) is 9.25. The van der Waals surface area contributed by atoms with E-state index < -0.39 is 0 Å². The summed E-state index contributed by atoms with van der Waals surface area (Å²) in [6, 6.07) is 9.01. The molecule has 0 aliphatic rings. The summed E-state index contributed by atoms with van der Waals surface area (Å²) in [6.07, 6.45) is 8.95. The molecule has 0 amide bonds. The van der Waals surface area contributed by atoms with E-state index >= 15 is 0 Å². The maximum Gasteiger partial charge on any atom is 0.0398 e. The van der Waals surface area contributed by atoms with Crippen molar-refractivity contribution in [2.24, 2.45) is 0 Å². The van der Waals surface area contributed by atoms with Gasteiger partial charge in [0.15, 0.2) is 0 Å². The molecule has 0 aromatic heterocycles. The van der Waals surface area contributed by atoms with E-state index in [2.05, 4.69) is 49.9 Å². The molecule has 0 radical (unpaired) electrons. The van der Waals surface area contributed by atoms with Gasteiger partial charge in [-0.05, 0) is 37.3 Å². The minimum absolute atomic E-state index is 1.21. The van der Waals surface area contributed by atoms with E-state index in [0.717, 1.165) is 0 Å². The first-order valence-electron chi connectivity index (χ1n) is 8.16. The van der Waals surface area contributed by atoms with E-state index in [4.69, 9.17) is 0 Å². The van der Waals surface area contributed by atoms with Crippen molar-refractivity contribution >= 4 is 5.69 Å². The molecule has 1 aromatic carbocycles. The minimum Gasteiger partial charge on any atom is -0.371 e. The van der Waals surface area contributed by atoms with Gasteiger partial charge in [-0.2, -0.15) is 0 Å². The van der Waals surface area contributed by atoms with Crippen LogP contribution < -0.4 is 4.90 Å². The van der Waals surface area contributed by atoms with Gasteiger partial charge < -0.3 is 4.90 Å². The fourth-order valence-electron chi connectivity index (χ4n) is 2.45. The zero-order chi connectivity index (χ0) is 13.9. The van der Waals surface area contributed by atoms with Crippen LogP contribution >= 0.6 is 0 Å². The Hall–Kier alpha value is -0.980. The van der Waals surface area contributed by atoms with Crippen LogP contribution in [0.4, 0.5) is 5.69 Å². The van der Waals surface area contributed by atoms with Gasteiger partial charge >= 0.3 is 0 Å². The lowest BCUT2D eigenvalue weighted by atomic mass is 10.0. The Labute approximate surface area is 120 Å². The summed E-state index contributed by atoms with van der Waals surface area (Å²) in [7, 11) is 0. The maximum atomic E-state index is 2.61. The highest BCUT2D eigenvalue weighted by molar-refractivity contribution is 5.53. The van der Waals surface area contributed by atoms with Gasteiger partial charge in [0.2, 0.25) is 0 Å². The second-order valence-electron chi connectivity index (χ2n) is 5.43. The summed E-state index contributed by atoms with van der Waals surface area (Å²) in [5, 5.41) is 0. The first-order valence-corrected chi connectivity index (χ1v) is 8.16. The van der Waals surface area contributed by atoms with Crippen molar-refractivity contribution in [3.63, 3.8) is 0 Å². The van der Waals surface area contributed by atoms with Crippen LogP contribution in [0, 0.1) is 0 Å². The van der Waals surface area contributed by atoms with Gasteiger partial charge in [-0.1, -0.05) is 58.2 Å². The van der Waals surface area contributed by atoms with E-state index in [0.29, 0.717) is 0 Å². The van der Waals surface area contributed by atoms with Crippen LogP contribution in [0.3, 0.4) is 0 Å². The van der Waals surface area contributed by atoms with Crippen molar-refractivity contribution in [1.29, 1.82) is 0 Å². The lowest BCUT2D eigenvalue weighted by molar-refractivity contribution is 0.673. The van der Waals surface area contributed by atoms with Crippen molar-refractivity contribution in [3.05, 3.63) is 29.8 Å². The number of para-hydroxylation sites is 1. The average molecular weight is 261 g/mol. The van der Waals surface area contributed by atoms with Crippen LogP contribution in [0.5, 0.6) is 0 Å². The third-order valence-electron chi connectivity index (χ3n) is 3.70. The first kappa shape index (κ1) is 16.1. The molecule has 19 heavy (non-hydrogen) atoms. The first-order chi connectivity index (χ1) is 9.33. The normalized spacial score (nSPS) is 10.7. The number of anilines is 1. The summed E-state index contributed by atoms with van der Waals surface area (Å²) < 4.78 is 0. The van der Waals surface area contributed by atoms with E-state index in [1.165, 1.54) is 69.3 Å². The Morgan fingerprint density at radius 1 is 0.789 bits per heavy atom. The SMILES string of the molecule is CCCCc1ccccc1N(CCCC)CCCC. The highest BCUT2D eigenvalue weighted by Gasteiger charge is 2.09. The fourth-order valence-corrected chi connectivity index (χ4v) is 2.45. The Bertz CT molecular complexity index is 324. The third kappa shape index (κ3) is 5.67. The predicted octanol–water partition coefficient (Wildman–Crippen LogP) is 5.44. The number of aryl methyl sites for hydroxylation is 1. The minimum atomic E-state index is 1.21. The number of hydrogen-bond acceptors (Lipinski definition) is 1.